The molecule has 2 heteroatoms. The van der Waals surface area contributed by atoms with E-state index < -0.39 is 6.10 Å². The predicted octanol–water partition coefficient (Wildman–Crippen LogP) is 3.65. The summed E-state index contributed by atoms with van der Waals surface area (Å²) in [6.45, 7) is 8.34. The van der Waals surface area contributed by atoms with E-state index in [4.69, 9.17) is 0 Å². The summed E-state index contributed by atoms with van der Waals surface area (Å²) in [5.74, 6) is 0. The maximum Gasteiger partial charge on any atom is 0.0940 e. The van der Waals surface area contributed by atoms with Crippen LogP contribution in [0.4, 0.5) is 0 Å². The molecule has 0 amide bonds. The van der Waals surface area contributed by atoms with Gasteiger partial charge in [0.2, 0.25) is 0 Å². The van der Waals surface area contributed by atoms with Crippen molar-refractivity contribution in [2.24, 2.45) is 0 Å². The van der Waals surface area contributed by atoms with Gasteiger partial charge in [-0.25, -0.2) is 0 Å². The van der Waals surface area contributed by atoms with E-state index in [9.17, 15) is 5.11 Å². The molecule has 102 valence electrons. The molecule has 0 spiro atoms. The highest BCUT2D eigenvalue weighted by atomic mass is 16.3. The zero-order valence-electron chi connectivity index (χ0n) is 12.1. The molecule has 2 unspecified atom stereocenters. The first kappa shape index (κ1) is 14.0. The van der Waals surface area contributed by atoms with Crippen molar-refractivity contribution in [3.63, 3.8) is 0 Å². The fourth-order valence-electron chi connectivity index (χ4n) is 2.44. The van der Waals surface area contributed by atoms with Gasteiger partial charge in [0.1, 0.15) is 0 Å². The number of hydrogen-bond donors (Lipinski definition) is 2. The normalized spacial score (nSPS) is 15.4. The maximum atomic E-state index is 10.4. The molecule has 0 aromatic heterocycles. The van der Waals surface area contributed by atoms with E-state index in [2.05, 4.69) is 50.4 Å². The molecule has 2 rings (SSSR count). The first-order valence-electron chi connectivity index (χ1n) is 6.81. The molecule has 0 radical (unpaired) electrons. The lowest BCUT2D eigenvalue weighted by atomic mass is 9.97. The minimum atomic E-state index is -0.496. The van der Waals surface area contributed by atoms with Crippen LogP contribution in [0.3, 0.4) is 0 Å². The van der Waals surface area contributed by atoms with Gasteiger partial charge in [-0.15, -0.1) is 0 Å². The van der Waals surface area contributed by atoms with Crippen LogP contribution in [0.5, 0.6) is 0 Å². The second kappa shape index (κ2) is 5.32. The number of aliphatic hydroxyl groups is 1. The van der Waals surface area contributed by atoms with Gasteiger partial charge in [-0.1, -0.05) is 36.4 Å². The van der Waals surface area contributed by atoms with Crippen LogP contribution in [0.1, 0.15) is 39.4 Å². The first-order chi connectivity index (χ1) is 8.87. The molecule has 0 heterocycles. The van der Waals surface area contributed by atoms with E-state index in [-0.39, 0.29) is 11.6 Å². The highest BCUT2D eigenvalue weighted by molar-refractivity contribution is 5.83. The molecule has 0 aliphatic rings. The van der Waals surface area contributed by atoms with Crippen LogP contribution in [0.2, 0.25) is 0 Å². The monoisotopic (exact) mass is 257 g/mol. The Hall–Kier alpha value is -1.38. The van der Waals surface area contributed by atoms with Gasteiger partial charge < -0.3 is 10.4 Å². The molecular weight excluding hydrogens is 234 g/mol. The second-order valence-corrected chi connectivity index (χ2v) is 6.23. The minimum Gasteiger partial charge on any atom is -0.387 e. The SMILES string of the molecule is CC(NC(C)(C)C)C(O)c1ccc2ccccc2c1. The van der Waals surface area contributed by atoms with Crippen LogP contribution in [-0.4, -0.2) is 16.7 Å². The smallest absolute Gasteiger partial charge is 0.0940 e. The fraction of sp³-hybridized carbons (Fsp3) is 0.412. The van der Waals surface area contributed by atoms with Gasteiger partial charge in [-0.05, 0) is 50.1 Å². The van der Waals surface area contributed by atoms with Crippen molar-refractivity contribution >= 4 is 10.8 Å². The van der Waals surface area contributed by atoms with E-state index in [0.29, 0.717) is 0 Å². The van der Waals surface area contributed by atoms with Crippen LogP contribution in [0.15, 0.2) is 42.5 Å². The summed E-state index contributed by atoms with van der Waals surface area (Å²) in [7, 11) is 0. The lowest BCUT2D eigenvalue weighted by Crippen LogP contribution is -2.44. The summed E-state index contributed by atoms with van der Waals surface area (Å²) in [5.41, 5.74) is 0.958. The largest absolute Gasteiger partial charge is 0.387 e. The Bertz CT molecular complexity index is 556. The van der Waals surface area contributed by atoms with Crippen LogP contribution in [-0.2, 0) is 0 Å². The highest BCUT2D eigenvalue weighted by Crippen LogP contribution is 2.23. The molecule has 0 saturated heterocycles. The van der Waals surface area contributed by atoms with E-state index in [1.165, 1.54) is 10.8 Å². The molecule has 0 saturated carbocycles. The van der Waals surface area contributed by atoms with Crippen molar-refractivity contribution in [3.05, 3.63) is 48.0 Å². The van der Waals surface area contributed by atoms with Gasteiger partial charge in [-0.2, -0.15) is 0 Å². The predicted molar refractivity (Wildman–Crippen MR) is 81.3 cm³/mol. The average Bonchev–Trinajstić information content (AvgIpc) is 2.35. The topological polar surface area (TPSA) is 32.3 Å². The molecular formula is C17H23NO. The van der Waals surface area contributed by atoms with Crippen LogP contribution >= 0.6 is 0 Å². The Morgan fingerprint density at radius 1 is 1.00 bits per heavy atom. The lowest BCUT2D eigenvalue weighted by Gasteiger charge is -2.29. The quantitative estimate of drug-likeness (QED) is 0.879. The molecule has 2 aromatic rings. The third-order valence-corrected chi connectivity index (χ3v) is 3.25. The standard InChI is InChI=1S/C17H23NO/c1-12(18-17(2,3)4)16(19)15-10-9-13-7-5-6-8-14(13)11-15/h5-12,16,18-19H,1-4H3. The van der Waals surface area contributed by atoms with E-state index in [1.54, 1.807) is 0 Å². The fourth-order valence-corrected chi connectivity index (χ4v) is 2.44. The maximum absolute atomic E-state index is 10.4. The van der Waals surface area contributed by atoms with Crippen molar-refractivity contribution in [2.75, 3.05) is 0 Å². The number of fused-ring (bicyclic) bond motifs is 1. The summed E-state index contributed by atoms with van der Waals surface area (Å²) in [4.78, 5) is 0. The Balaban J connectivity index is 2.23. The van der Waals surface area contributed by atoms with E-state index in [1.807, 2.05) is 25.1 Å². The summed E-state index contributed by atoms with van der Waals surface area (Å²) < 4.78 is 0. The Morgan fingerprint density at radius 3 is 2.26 bits per heavy atom. The van der Waals surface area contributed by atoms with Crippen molar-refractivity contribution in [1.29, 1.82) is 0 Å². The molecule has 0 bridgehead atoms. The number of rotatable bonds is 3. The molecule has 2 aromatic carbocycles. The van der Waals surface area contributed by atoms with E-state index >= 15 is 0 Å². The molecule has 0 fully saturated rings. The van der Waals surface area contributed by atoms with Gasteiger partial charge in [-0.3, -0.25) is 0 Å². The molecule has 0 aliphatic carbocycles. The summed E-state index contributed by atoms with van der Waals surface area (Å²) >= 11 is 0. The van der Waals surface area contributed by atoms with Crippen molar-refractivity contribution in [2.45, 2.75) is 45.4 Å². The Labute approximate surface area is 115 Å². The molecule has 19 heavy (non-hydrogen) atoms. The average molecular weight is 257 g/mol. The van der Waals surface area contributed by atoms with E-state index in [0.717, 1.165) is 5.56 Å². The Morgan fingerprint density at radius 2 is 1.63 bits per heavy atom. The highest BCUT2D eigenvalue weighted by Gasteiger charge is 2.21. The number of nitrogens with one attached hydrogen (secondary N) is 1. The van der Waals surface area contributed by atoms with Crippen molar-refractivity contribution in [3.8, 4) is 0 Å². The zero-order chi connectivity index (χ0) is 14.0. The second-order valence-electron chi connectivity index (χ2n) is 6.23. The third-order valence-electron chi connectivity index (χ3n) is 3.25. The first-order valence-corrected chi connectivity index (χ1v) is 6.81. The number of aliphatic hydroxyl groups excluding tert-OH is 1. The zero-order valence-corrected chi connectivity index (χ0v) is 12.1. The Kier molecular flexibility index (Phi) is 3.93. The lowest BCUT2D eigenvalue weighted by molar-refractivity contribution is 0.121. The number of hydrogen-bond acceptors (Lipinski definition) is 2. The summed E-state index contributed by atoms with van der Waals surface area (Å²) in [6, 6.07) is 14.4. The molecule has 0 aliphatic heterocycles. The van der Waals surface area contributed by atoms with Crippen molar-refractivity contribution < 1.29 is 5.11 Å². The third kappa shape index (κ3) is 3.55. The van der Waals surface area contributed by atoms with Gasteiger partial charge in [0.05, 0.1) is 6.10 Å². The molecule has 2 nitrogen and oxygen atoms in total. The molecule has 2 N–H and O–H groups in total. The summed E-state index contributed by atoms with van der Waals surface area (Å²) in [5, 5.41) is 16.2. The molecule has 2 atom stereocenters. The van der Waals surface area contributed by atoms with Crippen LogP contribution < -0.4 is 5.32 Å². The summed E-state index contributed by atoms with van der Waals surface area (Å²) in [6.07, 6.45) is -0.496. The van der Waals surface area contributed by atoms with Gasteiger partial charge in [0.15, 0.2) is 0 Å². The minimum absolute atomic E-state index is 0.00273. The number of benzene rings is 2. The van der Waals surface area contributed by atoms with Crippen LogP contribution in [0.25, 0.3) is 10.8 Å². The van der Waals surface area contributed by atoms with Crippen molar-refractivity contribution in [1.82, 2.24) is 5.32 Å². The van der Waals surface area contributed by atoms with Gasteiger partial charge in [0, 0.05) is 11.6 Å². The van der Waals surface area contributed by atoms with Gasteiger partial charge >= 0.3 is 0 Å². The van der Waals surface area contributed by atoms with Crippen LogP contribution in [0, 0.1) is 0 Å². The van der Waals surface area contributed by atoms with Gasteiger partial charge in [0.25, 0.3) is 0 Å².